The van der Waals surface area contributed by atoms with Gasteiger partial charge < -0.3 is 27.2 Å². The predicted molar refractivity (Wildman–Crippen MR) is 56.7 cm³/mol. The summed E-state index contributed by atoms with van der Waals surface area (Å²) in [4.78, 5) is 9.81. The minimum atomic E-state index is 0.370. The molecule has 4 nitrogen and oxygen atoms in total. The Hall–Kier alpha value is -0.790. The Morgan fingerprint density at radius 1 is 1.38 bits per heavy atom. The van der Waals surface area contributed by atoms with Crippen LogP contribution in [0.1, 0.15) is 0 Å². The normalized spacial score (nSPS) is 10.8. The Balaban J connectivity index is 3.12. The lowest BCUT2D eigenvalue weighted by Crippen LogP contribution is -1.93. The van der Waals surface area contributed by atoms with E-state index in [0.29, 0.717) is 14.6 Å². The smallest absolute Gasteiger partial charge is 0.196 e. The number of nitrogens with one attached hydrogen (secondary N) is 2. The van der Waals surface area contributed by atoms with Crippen LogP contribution in [0.5, 0.6) is 0 Å². The van der Waals surface area contributed by atoms with Gasteiger partial charge in [-0.15, -0.1) is 0 Å². The summed E-state index contributed by atoms with van der Waals surface area (Å²) in [5.74, 6) is 0. The second-order valence-corrected chi connectivity index (χ2v) is 3.72. The van der Waals surface area contributed by atoms with Crippen LogP contribution in [-0.4, -0.2) is 19.5 Å². The monoisotopic (exact) mass is 229 g/mol. The van der Waals surface area contributed by atoms with E-state index in [4.69, 9.17) is 37.1 Å². The number of aromatic amines is 2. The zero-order valence-corrected chi connectivity index (χ0v) is 9.07. The Morgan fingerprint density at radius 2 is 2.08 bits per heavy atom. The quantitative estimate of drug-likeness (QED) is 0.409. The Bertz CT molecular complexity index is 576. The van der Waals surface area contributed by atoms with E-state index in [1.165, 1.54) is 0 Å². The molecule has 0 aliphatic carbocycles. The third-order valence-electron chi connectivity index (χ3n) is 1.75. The summed E-state index contributed by atoms with van der Waals surface area (Å²) in [6.07, 6.45) is 0. The molecule has 0 bridgehead atoms. The highest BCUT2D eigenvalue weighted by Crippen LogP contribution is 2.12. The number of H-pyrrole nitrogens is 2. The van der Waals surface area contributed by atoms with E-state index in [0.717, 1.165) is 11.2 Å². The number of hydrogen-bond donors (Lipinski definition) is 2. The minimum absolute atomic E-state index is 0.370. The topological polar surface area (TPSA) is 49.4 Å². The van der Waals surface area contributed by atoms with Crippen molar-refractivity contribution < 1.29 is 0 Å². The lowest BCUT2D eigenvalue weighted by Gasteiger charge is -2.06. The van der Waals surface area contributed by atoms with E-state index in [2.05, 4.69) is 15.0 Å². The molecule has 0 spiro atoms. The summed E-state index contributed by atoms with van der Waals surface area (Å²) in [6.45, 7) is 0. The van der Waals surface area contributed by atoms with Crippen LogP contribution in [0.4, 0.5) is 0 Å². The second kappa shape index (κ2) is 2.86. The molecular formula is C6H5N4S3-. The van der Waals surface area contributed by atoms with Gasteiger partial charge in [0.25, 0.3) is 0 Å². The molecule has 7 heteroatoms. The van der Waals surface area contributed by atoms with Gasteiger partial charge in [-0.05, 0) is 24.4 Å². The van der Waals surface area contributed by atoms with Crippen LogP contribution in [0.25, 0.3) is 11.2 Å². The molecule has 0 saturated carbocycles. The van der Waals surface area contributed by atoms with Crippen LogP contribution in [0.3, 0.4) is 0 Å². The van der Waals surface area contributed by atoms with Crippen molar-refractivity contribution in [1.29, 1.82) is 0 Å². The summed E-state index contributed by atoms with van der Waals surface area (Å²) >= 11 is 15.0. The number of nitrogens with zero attached hydrogens (tertiary/aromatic N) is 2. The van der Waals surface area contributed by atoms with Crippen molar-refractivity contribution in [1.82, 2.24) is 19.5 Å². The first-order valence-electron chi connectivity index (χ1n) is 3.45. The first kappa shape index (κ1) is 8.79. The van der Waals surface area contributed by atoms with Crippen molar-refractivity contribution in [2.75, 3.05) is 0 Å². The first-order valence-corrected chi connectivity index (χ1v) is 4.68. The number of fused-ring (bicyclic) bond motifs is 1. The van der Waals surface area contributed by atoms with Gasteiger partial charge >= 0.3 is 0 Å². The third kappa shape index (κ3) is 1.28. The molecule has 0 saturated heterocycles. The maximum absolute atomic E-state index is 5.06. The van der Waals surface area contributed by atoms with Crippen LogP contribution in [0.15, 0.2) is 5.03 Å². The average Bonchev–Trinajstić information content (AvgIpc) is 2.27. The molecule has 0 amide bonds. The van der Waals surface area contributed by atoms with Crippen molar-refractivity contribution in [3.05, 3.63) is 9.54 Å². The van der Waals surface area contributed by atoms with Crippen molar-refractivity contribution in [3.63, 3.8) is 0 Å². The summed E-state index contributed by atoms with van der Waals surface area (Å²) in [5, 5.41) is 0.466. The Kier molecular flexibility index (Phi) is 1.94. The van der Waals surface area contributed by atoms with Crippen LogP contribution < -0.4 is 0 Å². The molecule has 0 fully saturated rings. The van der Waals surface area contributed by atoms with Gasteiger partial charge in [0, 0.05) is 7.05 Å². The maximum atomic E-state index is 5.06. The van der Waals surface area contributed by atoms with Gasteiger partial charge in [-0.25, -0.2) is 4.98 Å². The molecule has 2 heterocycles. The molecule has 2 aromatic heterocycles. The van der Waals surface area contributed by atoms with Crippen LogP contribution in [-0.2, 0) is 19.7 Å². The summed E-state index contributed by atoms with van der Waals surface area (Å²) < 4.78 is 2.74. The Morgan fingerprint density at radius 3 is 2.77 bits per heavy atom. The SMILES string of the molecule is Cn1c(=S)[nH]c2[nH]c(=S)nc([S-])c21. The number of rotatable bonds is 0. The van der Waals surface area contributed by atoms with Gasteiger partial charge in [-0.1, -0.05) is 5.03 Å². The van der Waals surface area contributed by atoms with Crippen molar-refractivity contribution >= 4 is 48.2 Å². The molecule has 2 N–H and O–H groups in total. The maximum Gasteiger partial charge on any atom is 0.196 e. The molecule has 13 heavy (non-hydrogen) atoms. The molecule has 68 valence electrons. The van der Waals surface area contributed by atoms with Gasteiger partial charge in [0.1, 0.15) is 5.65 Å². The predicted octanol–water partition coefficient (Wildman–Crippen LogP) is 1.59. The van der Waals surface area contributed by atoms with E-state index in [1.807, 2.05) is 7.05 Å². The highest BCUT2D eigenvalue weighted by Gasteiger charge is 2.00. The molecule has 2 aromatic rings. The number of imidazole rings is 1. The van der Waals surface area contributed by atoms with Crippen molar-refractivity contribution in [2.45, 2.75) is 5.03 Å². The molecule has 0 atom stereocenters. The molecule has 0 aliphatic heterocycles. The van der Waals surface area contributed by atoms with E-state index >= 15 is 0 Å². The zero-order chi connectivity index (χ0) is 9.59. The second-order valence-electron chi connectivity index (χ2n) is 2.56. The van der Waals surface area contributed by atoms with Gasteiger partial charge in [0.15, 0.2) is 9.54 Å². The lowest BCUT2D eigenvalue weighted by atomic mass is 10.5. The number of aromatic nitrogens is 4. The van der Waals surface area contributed by atoms with Gasteiger partial charge in [-0.3, -0.25) is 0 Å². The van der Waals surface area contributed by atoms with Crippen LogP contribution in [0, 0.1) is 9.54 Å². The molecule has 2 rings (SSSR count). The highest BCUT2D eigenvalue weighted by molar-refractivity contribution is 7.71. The fourth-order valence-electron chi connectivity index (χ4n) is 1.14. The van der Waals surface area contributed by atoms with Gasteiger partial charge in [0.2, 0.25) is 0 Å². The summed E-state index contributed by atoms with van der Waals surface area (Å²) in [5.41, 5.74) is 1.52. The molecule has 0 aromatic carbocycles. The van der Waals surface area contributed by atoms with Crippen LogP contribution in [0.2, 0.25) is 0 Å². The minimum Gasteiger partial charge on any atom is -0.758 e. The zero-order valence-electron chi connectivity index (χ0n) is 6.62. The van der Waals surface area contributed by atoms with E-state index in [-0.39, 0.29) is 0 Å². The fourth-order valence-corrected chi connectivity index (χ4v) is 1.91. The standard InChI is InChI=1S/C6H6N4S3/c1-10-2-3(8-6(10)13)7-5(12)9-4(2)11/h1H3,(H3,7,8,9,11,12,13)/p-1. The van der Waals surface area contributed by atoms with E-state index in [1.54, 1.807) is 4.57 Å². The van der Waals surface area contributed by atoms with Crippen molar-refractivity contribution in [2.24, 2.45) is 7.05 Å². The Labute approximate surface area is 89.4 Å². The van der Waals surface area contributed by atoms with E-state index < -0.39 is 0 Å². The van der Waals surface area contributed by atoms with Crippen LogP contribution >= 0.6 is 24.4 Å². The third-order valence-corrected chi connectivity index (χ3v) is 2.60. The molecule has 0 unspecified atom stereocenters. The number of hydrogen-bond acceptors (Lipinski definition) is 4. The van der Waals surface area contributed by atoms with E-state index in [9.17, 15) is 0 Å². The number of aryl methyl sites for hydroxylation is 1. The molecular weight excluding hydrogens is 224 g/mol. The van der Waals surface area contributed by atoms with Gasteiger partial charge in [0.05, 0.1) is 5.52 Å². The molecule has 0 aliphatic rings. The highest BCUT2D eigenvalue weighted by atomic mass is 32.1. The summed E-state index contributed by atoms with van der Waals surface area (Å²) in [7, 11) is 1.83. The fraction of sp³-hybridized carbons (Fsp3) is 0.167. The largest absolute Gasteiger partial charge is 0.758 e. The molecule has 0 radical (unpaired) electrons. The van der Waals surface area contributed by atoms with Crippen molar-refractivity contribution in [3.8, 4) is 0 Å². The average molecular weight is 229 g/mol. The lowest BCUT2D eigenvalue weighted by molar-refractivity contribution is 0.907. The van der Waals surface area contributed by atoms with Gasteiger partial charge in [-0.2, -0.15) is 0 Å². The summed E-state index contributed by atoms with van der Waals surface area (Å²) in [6, 6.07) is 0. The first-order chi connectivity index (χ1) is 6.09.